The average Bonchev–Trinajstić information content (AvgIpc) is 2.15. The summed E-state index contributed by atoms with van der Waals surface area (Å²) in [5.41, 5.74) is 0.821. The average molecular weight is 169 g/mol. The van der Waals surface area contributed by atoms with Crippen LogP contribution in [-0.2, 0) is 9.53 Å². The molecule has 12 heavy (non-hydrogen) atoms. The summed E-state index contributed by atoms with van der Waals surface area (Å²) in [5, 5.41) is 3.00. The van der Waals surface area contributed by atoms with Crippen LogP contribution in [-0.4, -0.2) is 25.5 Å². The highest BCUT2D eigenvalue weighted by Gasteiger charge is 2.11. The van der Waals surface area contributed by atoms with Gasteiger partial charge in [0.1, 0.15) is 0 Å². The van der Waals surface area contributed by atoms with E-state index in [0.717, 1.165) is 31.6 Å². The van der Waals surface area contributed by atoms with Gasteiger partial charge in [0.05, 0.1) is 19.4 Å². The Kier molecular flexibility index (Phi) is 3.80. The molecule has 0 unspecified atom stereocenters. The van der Waals surface area contributed by atoms with Crippen LogP contribution in [0.3, 0.4) is 0 Å². The number of Topliss-reactive ketones (excluding diaryl/α,β-unsaturated/α-hetero) is 1. The molecule has 3 nitrogen and oxygen atoms in total. The van der Waals surface area contributed by atoms with Gasteiger partial charge in [-0.1, -0.05) is 6.92 Å². The predicted molar refractivity (Wildman–Crippen MR) is 46.8 cm³/mol. The molecular formula is C9H15NO2. The van der Waals surface area contributed by atoms with Crippen molar-refractivity contribution in [3.8, 4) is 0 Å². The van der Waals surface area contributed by atoms with Gasteiger partial charge in [0.2, 0.25) is 0 Å². The summed E-state index contributed by atoms with van der Waals surface area (Å²) in [6.45, 7) is 4.00. The first-order valence-electron chi connectivity index (χ1n) is 4.39. The van der Waals surface area contributed by atoms with E-state index in [1.54, 1.807) is 6.26 Å². The molecule has 3 heteroatoms. The summed E-state index contributed by atoms with van der Waals surface area (Å²) in [5.74, 6) is 0.163. The minimum Gasteiger partial charge on any atom is -0.501 e. The predicted octanol–water partition coefficient (Wildman–Crippen LogP) is 0.859. The molecule has 1 aliphatic rings. The quantitative estimate of drug-likeness (QED) is 0.678. The lowest BCUT2D eigenvalue weighted by Crippen LogP contribution is -2.24. The van der Waals surface area contributed by atoms with Crippen LogP contribution in [0.2, 0.25) is 0 Å². The first-order valence-corrected chi connectivity index (χ1v) is 4.39. The number of nitrogens with one attached hydrogen (secondary N) is 1. The van der Waals surface area contributed by atoms with E-state index in [9.17, 15) is 4.79 Å². The van der Waals surface area contributed by atoms with Crippen molar-refractivity contribution in [2.24, 2.45) is 0 Å². The Labute approximate surface area is 72.8 Å². The highest BCUT2D eigenvalue weighted by molar-refractivity contribution is 5.96. The van der Waals surface area contributed by atoms with Crippen LogP contribution in [0.4, 0.5) is 0 Å². The standard InChI is InChI=1S/C9H15NO2/c1-2-10-6-9(11)8-4-3-5-12-7-8/h7,10H,2-6H2,1H3. The van der Waals surface area contributed by atoms with Gasteiger partial charge >= 0.3 is 0 Å². The lowest BCUT2D eigenvalue weighted by molar-refractivity contribution is -0.115. The van der Waals surface area contributed by atoms with Gasteiger partial charge in [-0.3, -0.25) is 4.79 Å². The lowest BCUT2D eigenvalue weighted by Gasteiger charge is -2.12. The van der Waals surface area contributed by atoms with Crippen molar-refractivity contribution < 1.29 is 9.53 Å². The Morgan fingerprint density at radius 1 is 1.75 bits per heavy atom. The number of hydrogen-bond acceptors (Lipinski definition) is 3. The SMILES string of the molecule is CCNCC(=O)C1=COCCC1. The van der Waals surface area contributed by atoms with Crippen LogP contribution in [0.5, 0.6) is 0 Å². The van der Waals surface area contributed by atoms with Crippen LogP contribution < -0.4 is 5.32 Å². The second kappa shape index (κ2) is 4.93. The smallest absolute Gasteiger partial charge is 0.175 e. The van der Waals surface area contributed by atoms with Crippen molar-refractivity contribution in [1.29, 1.82) is 0 Å². The van der Waals surface area contributed by atoms with Crippen LogP contribution in [0, 0.1) is 0 Å². The van der Waals surface area contributed by atoms with Gasteiger partial charge in [0.15, 0.2) is 5.78 Å². The Morgan fingerprint density at radius 2 is 2.58 bits per heavy atom. The molecule has 0 saturated carbocycles. The summed E-state index contributed by atoms with van der Waals surface area (Å²) < 4.78 is 5.07. The van der Waals surface area contributed by atoms with Gasteiger partial charge < -0.3 is 10.1 Å². The minimum absolute atomic E-state index is 0.163. The second-order valence-electron chi connectivity index (χ2n) is 2.82. The number of ether oxygens (including phenoxy) is 1. The monoisotopic (exact) mass is 169 g/mol. The highest BCUT2D eigenvalue weighted by atomic mass is 16.5. The molecule has 0 saturated heterocycles. The molecule has 0 aliphatic carbocycles. The van der Waals surface area contributed by atoms with E-state index in [0.29, 0.717) is 6.54 Å². The summed E-state index contributed by atoms with van der Waals surface area (Å²) >= 11 is 0. The molecule has 1 aliphatic heterocycles. The Bertz CT molecular complexity index is 187. The van der Waals surface area contributed by atoms with Gasteiger partial charge in [-0.2, -0.15) is 0 Å². The van der Waals surface area contributed by atoms with E-state index >= 15 is 0 Å². The summed E-state index contributed by atoms with van der Waals surface area (Å²) in [4.78, 5) is 11.3. The third-order valence-electron chi connectivity index (χ3n) is 1.83. The third-order valence-corrected chi connectivity index (χ3v) is 1.83. The first-order chi connectivity index (χ1) is 5.84. The number of carbonyl (C=O) groups is 1. The maximum atomic E-state index is 11.3. The number of likely N-dealkylation sites (N-methyl/N-ethyl adjacent to an activating group) is 1. The van der Waals surface area contributed by atoms with Gasteiger partial charge in [-0.15, -0.1) is 0 Å². The zero-order chi connectivity index (χ0) is 8.81. The zero-order valence-electron chi connectivity index (χ0n) is 7.43. The molecular weight excluding hydrogens is 154 g/mol. The van der Waals surface area contributed by atoms with E-state index in [2.05, 4.69) is 5.32 Å². The van der Waals surface area contributed by atoms with Crippen molar-refractivity contribution >= 4 is 5.78 Å². The van der Waals surface area contributed by atoms with Crippen molar-refractivity contribution in [3.05, 3.63) is 11.8 Å². The Balaban J connectivity index is 2.35. The molecule has 0 amide bonds. The molecule has 0 aromatic heterocycles. The fourth-order valence-corrected chi connectivity index (χ4v) is 1.12. The number of rotatable bonds is 4. The third kappa shape index (κ3) is 2.66. The maximum absolute atomic E-state index is 11.3. The Hall–Kier alpha value is -0.830. The van der Waals surface area contributed by atoms with Crippen LogP contribution in [0.25, 0.3) is 0 Å². The number of ketones is 1. The first kappa shape index (κ1) is 9.26. The van der Waals surface area contributed by atoms with Gasteiger partial charge in [0, 0.05) is 5.57 Å². The number of carbonyl (C=O) groups excluding carboxylic acids is 1. The topological polar surface area (TPSA) is 38.3 Å². The van der Waals surface area contributed by atoms with Crippen LogP contribution in [0.1, 0.15) is 19.8 Å². The normalized spacial score (nSPS) is 16.6. The van der Waals surface area contributed by atoms with Gasteiger partial charge in [-0.05, 0) is 19.4 Å². The molecule has 0 aromatic rings. The molecule has 0 bridgehead atoms. The zero-order valence-corrected chi connectivity index (χ0v) is 7.43. The summed E-state index contributed by atoms with van der Waals surface area (Å²) in [6, 6.07) is 0. The number of hydrogen-bond donors (Lipinski definition) is 1. The van der Waals surface area contributed by atoms with E-state index in [4.69, 9.17) is 4.74 Å². The molecule has 1 N–H and O–H groups in total. The van der Waals surface area contributed by atoms with E-state index in [-0.39, 0.29) is 5.78 Å². The fraction of sp³-hybridized carbons (Fsp3) is 0.667. The largest absolute Gasteiger partial charge is 0.501 e. The lowest BCUT2D eigenvalue weighted by atomic mass is 10.1. The van der Waals surface area contributed by atoms with Crippen molar-refractivity contribution in [1.82, 2.24) is 5.32 Å². The van der Waals surface area contributed by atoms with Crippen LogP contribution in [0.15, 0.2) is 11.8 Å². The summed E-state index contributed by atoms with van der Waals surface area (Å²) in [7, 11) is 0. The van der Waals surface area contributed by atoms with Gasteiger partial charge in [0.25, 0.3) is 0 Å². The van der Waals surface area contributed by atoms with Crippen LogP contribution >= 0.6 is 0 Å². The molecule has 0 radical (unpaired) electrons. The molecule has 1 rings (SSSR count). The molecule has 68 valence electrons. The van der Waals surface area contributed by atoms with Crippen molar-refractivity contribution in [3.63, 3.8) is 0 Å². The fourth-order valence-electron chi connectivity index (χ4n) is 1.12. The molecule has 0 aromatic carbocycles. The minimum atomic E-state index is 0.163. The van der Waals surface area contributed by atoms with Crippen molar-refractivity contribution in [2.45, 2.75) is 19.8 Å². The van der Waals surface area contributed by atoms with E-state index in [1.807, 2.05) is 6.92 Å². The van der Waals surface area contributed by atoms with E-state index < -0.39 is 0 Å². The molecule has 0 atom stereocenters. The maximum Gasteiger partial charge on any atom is 0.175 e. The second-order valence-corrected chi connectivity index (χ2v) is 2.82. The molecule has 1 heterocycles. The Morgan fingerprint density at radius 3 is 3.17 bits per heavy atom. The molecule has 0 spiro atoms. The van der Waals surface area contributed by atoms with Gasteiger partial charge in [-0.25, -0.2) is 0 Å². The molecule has 0 fully saturated rings. The van der Waals surface area contributed by atoms with Crippen molar-refractivity contribution in [2.75, 3.05) is 19.7 Å². The van der Waals surface area contributed by atoms with E-state index in [1.165, 1.54) is 0 Å². The summed E-state index contributed by atoms with van der Waals surface area (Å²) in [6.07, 6.45) is 3.43. The highest BCUT2D eigenvalue weighted by Crippen LogP contribution is 2.11.